The monoisotopic (exact) mass is 229 g/mol. The van der Waals surface area contributed by atoms with Crippen LogP contribution in [0.1, 0.15) is 24.5 Å². The molecule has 3 rings (SSSR count). The van der Waals surface area contributed by atoms with Crippen molar-refractivity contribution in [3.8, 4) is 0 Å². The van der Waals surface area contributed by atoms with Crippen molar-refractivity contribution in [3.05, 3.63) is 36.4 Å². The van der Waals surface area contributed by atoms with Gasteiger partial charge in [0.1, 0.15) is 0 Å². The van der Waals surface area contributed by atoms with Crippen molar-refractivity contribution in [2.45, 2.75) is 18.8 Å². The topological polar surface area (TPSA) is 57.7 Å². The number of rotatable bonds is 2. The summed E-state index contributed by atoms with van der Waals surface area (Å²) in [7, 11) is 0. The Morgan fingerprint density at radius 2 is 2.12 bits per heavy atom. The van der Waals surface area contributed by atoms with Gasteiger partial charge < -0.3 is 4.90 Å². The van der Waals surface area contributed by atoms with Gasteiger partial charge in [-0.15, -0.1) is 0 Å². The summed E-state index contributed by atoms with van der Waals surface area (Å²) >= 11 is 0. The third-order valence-electron chi connectivity index (χ3n) is 3.22. The van der Waals surface area contributed by atoms with Crippen molar-refractivity contribution in [1.29, 1.82) is 0 Å². The average molecular weight is 229 g/mol. The maximum atomic E-state index is 4.31. The van der Waals surface area contributed by atoms with E-state index in [1.165, 1.54) is 18.5 Å². The normalized spacial score (nSPS) is 20.5. The highest BCUT2D eigenvalue weighted by molar-refractivity contribution is 5.31. The number of hydrogen-bond donors (Lipinski definition) is 1. The number of hydrogen-bond acceptors (Lipinski definition) is 4. The van der Waals surface area contributed by atoms with E-state index in [9.17, 15) is 0 Å². The van der Waals surface area contributed by atoms with Gasteiger partial charge in [-0.2, -0.15) is 5.10 Å². The van der Waals surface area contributed by atoms with E-state index in [1.807, 2.05) is 12.3 Å². The van der Waals surface area contributed by atoms with Crippen molar-refractivity contribution >= 4 is 5.95 Å². The second-order valence-corrected chi connectivity index (χ2v) is 4.35. The molecule has 0 aromatic carbocycles. The molecule has 1 fully saturated rings. The maximum absolute atomic E-state index is 4.31. The highest BCUT2D eigenvalue weighted by Gasteiger charge is 2.23. The summed E-state index contributed by atoms with van der Waals surface area (Å²) < 4.78 is 0. The minimum absolute atomic E-state index is 0.509. The largest absolute Gasteiger partial charge is 0.340 e. The molecule has 1 N–H and O–H groups in total. The van der Waals surface area contributed by atoms with Gasteiger partial charge in [0.25, 0.3) is 0 Å². The first-order valence-electron chi connectivity index (χ1n) is 5.95. The lowest BCUT2D eigenvalue weighted by molar-refractivity contribution is 0.494. The van der Waals surface area contributed by atoms with Gasteiger partial charge in [0.05, 0.1) is 0 Å². The van der Waals surface area contributed by atoms with Crippen molar-refractivity contribution in [2.24, 2.45) is 0 Å². The molecule has 0 bridgehead atoms. The summed E-state index contributed by atoms with van der Waals surface area (Å²) in [5, 5.41) is 7.08. The highest BCUT2D eigenvalue weighted by atomic mass is 15.3. The Morgan fingerprint density at radius 1 is 1.24 bits per heavy atom. The van der Waals surface area contributed by atoms with Crippen molar-refractivity contribution in [3.63, 3.8) is 0 Å². The zero-order valence-corrected chi connectivity index (χ0v) is 9.58. The molecule has 0 spiro atoms. The van der Waals surface area contributed by atoms with Gasteiger partial charge in [-0.1, -0.05) is 0 Å². The quantitative estimate of drug-likeness (QED) is 0.849. The molecule has 1 saturated heterocycles. The molecule has 2 aromatic rings. The summed E-state index contributed by atoms with van der Waals surface area (Å²) in [5.41, 5.74) is 1.21. The maximum Gasteiger partial charge on any atom is 0.225 e. The van der Waals surface area contributed by atoms with E-state index in [0.717, 1.165) is 19.0 Å². The molecule has 1 aliphatic heterocycles. The molecule has 0 amide bonds. The smallest absolute Gasteiger partial charge is 0.225 e. The van der Waals surface area contributed by atoms with Crippen LogP contribution < -0.4 is 4.90 Å². The van der Waals surface area contributed by atoms with Gasteiger partial charge in [0, 0.05) is 43.3 Å². The molecule has 0 aliphatic carbocycles. The zero-order valence-electron chi connectivity index (χ0n) is 9.58. The van der Waals surface area contributed by atoms with E-state index in [4.69, 9.17) is 0 Å². The first kappa shape index (κ1) is 10.3. The summed E-state index contributed by atoms with van der Waals surface area (Å²) in [6, 6.07) is 3.90. The van der Waals surface area contributed by atoms with E-state index < -0.39 is 0 Å². The standard InChI is InChI=1S/C12H15N5/c1-3-10(11-4-7-15-16-11)9-17(8-1)12-13-5-2-6-14-12/h2,4-7,10H,1,3,8-9H2,(H,15,16)/t10-/m1/s1. The lowest BCUT2D eigenvalue weighted by Gasteiger charge is -2.32. The summed E-state index contributed by atoms with van der Waals surface area (Å²) in [5.74, 6) is 1.34. The SMILES string of the molecule is c1cnc(N2CCC[C@@H](c3ccn[nH]3)C2)nc1. The van der Waals surface area contributed by atoms with Crippen molar-refractivity contribution in [1.82, 2.24) is 20.2 Å². The van der Waals surface area contributed by atoms with Crippen LogP contribution in [0.15, 0.2) is 30.7 Å². The van der Waals surface area contributed by atoms with E-state index in [-0.39, 0.29) is 0 Å². The van der Waals surface area contributed by atoms with E-state index in [2.05, 4.69) is 31.1 Å². The van der Waals surface area contributed by atoms with Crippen LogP contribution in [0.25, 0.3) is 0 Å². The zero-order chi connectivity index (χ0) is 11.5. The summed E-state index contributed by atoms with van der Waals surface area (Å²) in [4.78, 5) is 10.9. The van der Waals surface area contributed by atoms with Crippen LogP contribution in [0.5, 0.6) is 0 Å². The van der Waals surface area contributed by atoms with Gasteiger partial charge in [0.15, 0.2) is 0 Å². The van der Waals surface area contributed by atoms with Crippen LogP contribution in [-0.2, 0) is 0 Å². The predicted octanol–water partition coefficient (Wildman–Crippen LogP) is 1.58. The minimum Gasteiger partial charge on any atom is -0.340 e. The van der Waals surface area contributed by atoms with Crippen molar-refractivity contribution in [2.75, 3.05) is 18.0 Å². The lowest BCUT2D eigenvalue weighted by Crippen LogP contribution is -2.35. The Kier molecular flexibility index (Phi) is 2.73. The fraction of sp³-hybridized carbons (Fsp3) is 0.417. The molecule has 1 aliphatic rings. The Balaban J connectivity index is 1.76. The third-order valence-corrected chi connectivity index (χ3v) is 3.22. The number of nitrogens with one attached hydrogen (secondary N) is 1. The Labute approximate surface area is 99.9 Å². The Bertz CT molecular complexity index is 453. The molecule has 5 heteroatoms. The predicted molar refractivity (Wildman–Crippen MR) is 64.8 cm³/mol. The molecule has 0 radical (unpaired) electrons. The molecule has 5 nitrogen and oxygen atoms in total. The van der Waals surface area contributed by atoms with E-state index in [1.54, 1.807) is 12.4 Å². The summed E-state index contributed by atoms with van der Waals surface area (Å²) in [6.07, 6.45) is 7.77. The molecule has 3 heterocycles. The number of aromatic amines is 1. The molecule has 17 heavy (non-hydrogen) atoms. The fourth-order valence-electron chi connectivity index (χ4n) is 2.36. The average Bonchev–Trinajstić information content (AvgIpc) is 2.94. The van der Waals surface area contributed by atoms with Crippen LogP contribution in [0.3, 0.4) is 0 Å². The first-order valence-corrected chi connectivity index (χ1v) is 5.95. The molecular formula is C12H15N5. The molecule has 0 unspecified atom stereocenters. The molecule has 1 atom stereocenters. The Morgan fingerprint density at radius 3 is 2.88 bits per heavy atom. The summed E-state index contributed by atoms with van der Waals surface area (Å²) in [6.45, 7) is 2.00. The van der Waals surface area contributed by atoms with Crippen LogP contribution in [-0.4, -0.2) is 33.3 Å². The van der Waals surface area contributed by atoms with E-state index >= 15 is 0 Å². The molecule has 88 valence electrons. The van der Waals surface area contributed by atoms with Gasteiger partial charge in [-0.3, -0.25) is 5.10 Å². The third kappa shape index (κ3) is 2.13. The second-order valence-electron chi connectivity index (χ2n) is 4.35. The molecular weight excluding hydrogens is 214 g/mol. The Hall–Kier alpha value is -1.91. The van der Waals surface area contributed by atoms with Crippen molar-refractivity contribution < 1.29 is 0 Å². The first-order chi connectivity index (χ1) is 8.43. The van der Waals surface area contributed by atoms with E-state index in [0.29, 0.717) is 5.92 Å². The van der Waals surface area contributed by atoms with Gasteiger partial charge >= 0.3 is 0 Å². The van der Waals surface area contributed by atoms with Gasteiger partial charge in [0.2, 0.25) is 5.95 Å². The number of H-pyrrole nitrogens is 1. The number of anilines is 1. The molecule has 0 saturated carbocycles. The number of piperidine rings is 1. The van der Waals surface area contributed by atoms with Gasteiger partial charge in [-0.05, 0) is 25.0 Å². The minimum atomic E-state index is 0.509. The van der Waals surface area contributed by atoms with Crippen LogP contribution in [0.4, 0.5) is 5.95 Å². The highest BCUT2D eigenvalue weighted by Crippen LogP contribution is 2.26. The number of nitrogens with zero attached hydrogens (tertiary/aromatic N) is 4. The second kappa shape index (κ2) is 4.53. The number of aromatic nitrogens is 4. The van der Waals surface area contributed by atoms with Crippen LogP contribution in [0, 0.1) is 0 Å². The molecule has 2 aromatic heterocycles. The fourth-order valence-corrected chi connectivity index (χ4v) is 2.36. The van der Waals surface area contributed by atoms with Gasteiger partial charge in [-0.25, -0.2) is 9.97 Å². The lowest BCUT2D eigenvalue weighted by atomic mass is 9.95. The van der Waals surface area contributed by atoms with Crippen LogP contribution >= 0.6 is 0 Å². The van der Waals surface area contributed by atoms with Crippen LogP contribution in [0.2, 0.25) is 0 Å².